The van der Waals surface area contributed by atoms with E-state index in [9.17, 15) is 33.9 Å². The Bertz CT molecular complexity index is 2470. The second-order valence-electron chi connectivity index (χ2n) is 25.2. The molecule has 0 bridgehead atoms. The van der Waals surface area contributed by atoms with Gasteiger partial charge in [0.25, 0.3) is 0 Å². The van der Waals surface area contributed by atoms with Gasteiger partial charge in [0.15, 0.2) is 5.78 Å². The van der Waals surface area contributed by atoms with Gasteiger partial charge in [0.05, 0.1) is 50.7 Å². The summed E-state index contributed by atoms with van der Waals surface area (Å²) >= 11 is 1.88. The van der Waals surface area contributed by atoms with E-state index in [1.807, 2.05) is 11.8 Å². The molecule has 2 heterocycles. The SMILES string of the molecule is CC(C)CCC[C@@H](C)[C@H]1CC[C@H]2[C@@H]3[C@H](OCCCCCC(=O)NCC(=O)Nc4ccc(C(=O)c5ccc(NC(=O)COCCOCCNC(=O)CCCC[C@@H]6SC[C@@H]7NC(=O)N[C@@H]76)cc5)cc4)C=C4C[C@@H](O)CC[C@]4(C)[C@H]3CC[C@]12C. The van der Waals surface area contributed by atoms with Crippen molar-refractivity contribution >= 4 is 58.6 Å². The largest absolute Gasteiger partial charge is 0.393 e. The van der Waals surface area contributed by atoms with Crippen molar-refractivity contribution in [3.8, 4) is 0 Å². The summed E-state index contributed by atoms with van der Waals surface area (Å²) in [4.78, 5) is 75.1. The van der Waals surface area contributed by atoms with Gasteiger partial charge in [-0.1, -0.05) is 78.4 Å². The summed E-state index contributed by atoms with van der Waals surface area (Å²) in [5.41, 5.74) is 3.76. The topological polar surface area (TPSA) is 223 Å². The number of nitrogens with one attached hydrogen (secondary N) is 6. The third-order valence-electron chi connectivity index (χ3n) is 19.2. The van der Waals surface area contributed by atoms with Crippen LogP contribution in [0.1, 0.15) is 166 Å². The second kappa shape index (κ2) is 29.6. The van der Waals surface area contributed by atoms with Crippen LogP contribution in [0.15, 0.2) is 60.2 Å². The number of hydrogen-bond acceptors (Lipinski definition) is 11. The molecule has 0 unspecified atom stereocenters. The summed E-state index contributed by atoms with van der Waals surface area (Å²) < 4.78 is 17.9. The average molecular weight is 1140 g/mol. The van der Waals surface area contributed by atoms with E-state index >= 15 is 0 Å². The van der Waals surface area contributed by atoms with Crippen LogP contribution >= 0.6 is 11.8 Å². The molecule has 12 atom stereocenters. The Hall–Kier alpha value is -4.81. The van der Waals surface area contributed by atoms with Crippen molar-refractivity contribution < 1.29 is 48.1 Å². The predicted octanol–water partition coefficient (Wildman–Crippen LogP) is 9.74. The normalized spacial score (nSPS) is 28.6. The first-order valence-corrected chi connectivity index (χ1v) is 31.8. The number of fused-ring (bicyclic) bond motifs is 6. The molecule has 7 N–H and O–H groups in total. The predicted molar refractivity (Wildman–Crippen MR) is 318 cm³/mol. The molecule has 16 nitrogen and oxygen atoms in total. The van der Waals surface area contributed by atoms with E-state index < -0.39 is 0 Å². The van der Waals surface area contributed by atoms with E-state index in [4.69, 9.17) is 14.2 Å². The maximum Gasteiger partial charge on any atom is 0.315 e. The number of benzene rings is 2. The number of thioether (sulfide) groups is 1. The van der Waals surface area contributed by atoms with Crippen LogP contribution in [0, 0.1) is 46.3 Å². The lowest BCUT2D eigenvalue weighted by Crippen LogP contribution is -2.55. The Morgan fingerprint density at radius 3 is 2.14 bits per heavy atom. The first-order valence-electron chi connectivity index (χ1n) is 30.7. The fraction of sp³-hybridized carbons (Fsp3) is 0.688. The number of hydrogen-bond donors (Lipinski definition) is 7. The minimum Gasteiger partial charge on any atom is -0.393 e. The molecular weight excluding hydrogens is 1040 g/mol. The Kier molecular flexibility index (Phi) is 22.8. The molecule has 4 aliphatic carbocycles. The molecule has 6 aliphatic rings. The van der Waals surface area contributed by atoms with Crippen molar-refractivity contribution in [3.63, 3.8) is 0 Å². The molecule has 8 rings (SSSR count). The maximum atomic E-state index is 13.3. The van der Waals surface area contributed by atoms with Crippen LogP contribution in [0.2, 0.25) is 0 Å². The molecule has 0 aromatic heterocycles. The van der Waals surface area contributed by atoms with E-state index in [0.29, 0.717) is 89.9 Å². The molecule has 0 spiro atoms. The lowest BCUT2D eigenvalue weighted by atomic mass is 9.46. The number of ketones is 1. The fourth-order valence-corrected chi connectivity index (χ4v) is 16.4. The van der Waals surface area contributed by atoms with Gasteiger partial charge >= 0.3 is 6.03 Å². The lowest BCUT2D eigenvalue weighted by molar-refractivity contribution is -0.124. The number of amides is 6. The van der Waals surface area contributed by atoms with Gasteiger partial charge in [-0.15, -0.1) is 0 Å². The zero-order valence-corrected chi connectivity index (χ0v) is 49.8. The Morgan fingerprint density at radius 1 is 0.716 bits per heavy atom. The standard InChI is InChI=1S/C64H94N6O10S/c1-41(2)12-11-13-42(3)49-25-26-50-59-51(28-30-64(49,50)5)63(4)29-27-48(71)36-45(63)37-53(59)80-32-10-6-7-15-56(73)66-38-57(74)67-46-21-17-43(18-22-46)61(76)44-19-23-47(24-20-44)68-58(75)39-79-35-34-78-33-31-65-55(72)16-9-8-14-54-60-52(40-81-54)69-62(77)70-60/h17-24,37,41-42,48-54,59-60,71H,6-16,25-36,38-40H2,1-5H3,(H,65,72)(H,66,73)(H,67,74)(H,68,75)(H2,69,70,77)/t42-,48+,49-,50+,51+,52+,53-,54+,59+,60+,63+,64-/m1/s1. The van der Waals surface area contributed by atoms with Crippen LogP contribution in [0.4, 0.5) is 16.2 Å². The third kappa shape index (κ3) is 16.7. The highest BCUT2D eigenvalue weighted by Crippen LogP contribution is 2.67. The second-order valence-corrected chi connectivity index (χ2v) is 26.5. The number of rotatable bonds is 31. The zero-order valence-electron chi connectivity index (χ0n) is 49.0. The average Bonchev–Trinajstić information content (AvgIpc) is 3.61. The monoisotopic (exact) mass is 1140 g/mol. The van der Waals surface area contributed by atoms with Crippen molar-refractivity contribution in [2.24, 2.45) is 46.3 Å². The van der Waals surface area contributed by atoms with Gasteiger partial charge < -0.3 is 51.2 Å². The molecule has 5 fully saturated rings. The molecule has 17 heteroatoms. The highest BCUT2D eigenvalue weighted by molar-refractivity contribution is 8.00. The van der Waals surface area contributed by atoms with Crippen LogP contribution < -0.4 is 31.9 Å². The lowest BCUT2D eigenvalue weighted by Gasteiger charge is -2.60. The number of unbranched alkanes of at least 4 members (excludes halogenated alkanes) is 3. The van der Waals surface area contributed by atoms with Gasteiger partial charge in [-0.05, 0) is 165 Å². The van der Waals surface area contributed by atoms with Crippen molar-refractivity contribution in [2.45, 2.75) is 180 Å². The van der Waals surface area contributed by atoms with Crippen LogP contribution in [-0.4, -0.2) is 122 Å². The molecule has 2 saturated heterocycles. The van der Waals surface area contributed by atoms with Gasteiger partial charge in [0.1, 0.15) is 6.61 Å². The number of aliphatic hydroxyl groups is 1. The Balaban J connectivity index is 0.662. The molecule has 81 heavy (non-hydrogen) atoms. The highest BCUT2D eigenvalue weighted by Gasteiger charge is 2.61. The summed E-state index contributed by atoms with van der Waals surface area (Å²) in [5, 5.41) is 28.3. The number of ether oxygens (including phenoxy) is 3. The van der Waals surface area contributed by atoms with Crippen LogP contribution in [0.5, 0.6) is 0 Å². The number of carbonyl (C=O) groups excluding carboxylic acids is 6. The third-order valence-corrected chi connectivity index (χ3v) is 20.7. The molecule has 0 radical (unpaired) electrons. The van der Waals surface area contributed by atoms with Crippen LogP contribution in [0.3, 0.4) is 0 Å². The highest BCUT2D eigenvalue weighted by atomic mass is 32.2. The number of anilines is 2. The summed E-state index contributed by atoms with van der Waals surface area (Å²) in [7, 11) is 0. The van der Waals surface area contributed by atoms with E-state index in [-0.39, 0.29) is 91.5 Å². The van der Waals surface area contributed by atoms with E-state index in [2.05, 4.69) is 72.6 Å². The number of urea groups is 1. The summed E-state index contributed by atoms with van der Waals surface area (Å²) in [6.45, 7) is 13.8. The molecule has 446 valence electrons. The maximum absolute atomic E-state index is 13.3. The van der Waals surface area contributed by atoms with Gasteiger partial charge in [-0.2, -0.15) is 11.8 Å². The first kappa shape index (κ1) is 62.2. The van der Waals surface area contributed by atoms with Gasteiger partial charge in [-0.25, -0.2) is 4.79 Å². The van der Waals surface area contributed by atoms with Crippen molar-refractivity contribution in [1.29, 1.82) is 0 Å². The van der Waals surface area contributed by atoms with Gasteiger partial charge in [-0.3, -0.25) is 24.0 Å². The molecule has 2 aromatic carbocycles. The zero-order chi connectivity index (χ0) is 57.5. The Labute approximate surface area is 485 Å². The van der Waals surface area contributed by atoms with E-state index in [1.165, 1.54) is 50.5 Å². The number of carbonyl (C=O) groups is 6. The molecule has 2 aliphatic heterocycles. The van der Waals surface area contributed by atoms with Crippen molar-refractivity contribution in [1.82, 2.24) is 21.3 Å². The summed E-state index contributed by atoms with van der Waals surface area (Å²) in [6.07, 6.45) is 20.0. The summed E-state index contributed by atoms with van der Waals surface area (Å²) in [5.74, 6) is 3.79. The van der Waals surface area contributed by atoms with Gasteiger partial charge in [0, 0.05) is 59.5 Å². The molecule has 2 aromatic rings. The van der Waals surface area contributed by atoms with Crippen molar-refractivity contribution in [3.05, 3.63) is 71.3 Å². The van der Waals surface area contributed by atoms with E-state index in [0.717, 1.165) is 74.9 Å². The quantitative estimate of drug-likeness (QED) is 0.0163. The fourth-order valence-electron chi connectivity index (χ4n) is 14.8. The summed E-state index contributed by atoms with van der Waals surface area (Å²) in [6, 6.07) is 13.4. The van der Waals surface area contributed by atoms with Crippen LogP contribution in [-0.2, 0) is 33.4 Å². The minimum absolute atomic E-state index is 0.0199. The molecular formula is C64H94N6O10S. The smallest absolute Gasteiger partial charge is 0.315 e. The molecule has 6 amide bonds. The first-order chi connectivity index (χ1) is 39.0. The minimum atomic E-state index is -0.365. The van der Waals surface area contributed by atoms with Crippen LogP contribution in [0.25, 0.3) is 0 Å². The van der Waals surface area contributed by atoms with E-state index in [1.54, 1.807) is 48.5 Å². The number of aliphatic hydroxyl groups excluding tert-OH is 1. The van der Waals surface area contributed by atoms with Gasteiger partial charge in [0.2, 0.25) is 23.6 Å². The van der Waals surface area contributed by atoms with Crippen molar-refractivity contribution in [2.75, 3.05) is 62.5 Å². The Morgan fingerprint density at radius 2 is 1.41 bits per heavy atom. The molecule has 3 saturated carbocycles.